The van der Waals surface area contributed by atoms with Crippen LogP contribution in [0.15, 0.2) is 42.5 Å². The summed E-state index contributed by atoms with van der Waals surface area (Å²) in [4.78, 5) is 15.5. The van der Waals surface area contributed by atoms with Gasteiger partial charge in [-0.15, -0.1) is 0 Å². The van der Waals surface area contributed by atoms with E-state index in [4.69, 9.17) is 4.74 Å². The molecule has 0 fully saturated rings. The van der Waals surface area contributed by atoms with Gasteiger partial charge in [-0.1, -0.05) is 24.3 Å². The molecule has 7 heteroatoms. The molecule has 1 heterocycles. The van der Waals surface area contributed by atoms with E-state index in [1.165, 1.54) is 6.07 Å². The fourth-order valence-electron chi connectivity index (χ4n) is 2.89. The number of hydrogen-bond acceptors (Lipinski definition) is 6. The van der Waals surface area contributed by atoms with Crippen molar-refractivity contribution in [1.29, 1.82) is 0 Å². The molecule has 0 unspecified atom stereocenters. The lowest BCUT2D eigenvalue weighted by molar-refractivity contribution is -0.385. The van der Waals surface area contributed by atoms with Gasteiger partial charge in [0, 0.05) is 39.8 Å². The summed E-state index contributed by atoms with van der Waals surface area (Å²) in [6, 6.07) is 12.9. The molecule has 0 saturated carbocycles. The van der Waals surface area contributed by atoms with Crippen LogP contribution in [-0.2, 0) is 18.1 Å². The summed E-state index contributed by atoms with van der Waals surface area (Å²) in [7, 11) is 0. The summed E-state index contributed by atoms with van der Waals surface area (Å²) in [6.07, 6.45) is 0. The fourth-order valence-corrected chi connectivity index (χ4v) is 3.54. The van der Waals surface area contributed by atoms with Gasteiger partial charge in [-0.2, -0.15) is 25.3 Å². The number of ether oxygens (including phenoxy) is 1. The predicted octanol–water partition coefficient (Wildman–Crippen LogP) is 4.89. The van der Waals surface area contributed by atoms with E-state index < -0.39 is 0 Å². The standard InChI is InChI=1S/C19H18N2O3S2/c1-12-5-6-13-3-2-4-18(19(13)20-12)24-9-15-14(10-25)7-8-17(21(22)23)16(15)11-26/h2-8,25-26H,9-11H2,1H3. The number of rotatable bonds is 6. The topological polar surface area (TPSA) is 65.3 Å². The minimum atomic E-state index is -0.389. The average molecular weight is 386 g/mol. The Morgan fingerprint density at radius 1 is 1.08 bits per heavy atom. The number of nitrogens with zero attached hydrogens (tertiary/aromatic N) is 2. The van der Waals surface area contributed by atoms with Gasteiger partial charge in [-0.3, -0.25) is 10.1 Å². The summed E-state index contributed by atoms with van der Waals surface area (Å²) in [6.45, 7) is 2.12. The predicted molar refractivity (Wildman–Crippen MR) is 109 cm³/mol. The molecule has 0 saturated heterocycles. The van der Waals surface area contributed by atoms with Crippen LogP contribution in [0, 0.1) is 17.0 Å². The van der Waals surface area contributed by atoms with Crippen molar-refractivity contribution >= 4 is 41.8 Å². The molecule has 0 atom stereocenters. The molecular formula is C19H18N2O3S2. The van der Waals surface area contributed by atoms with Crippen LogP contribution in [0.5, 0.6) is 5.75 Å². The van der Waals surface area contributed by atoms with Gasteiger partial charge in [0.05, 0.1) is 4.92 Å². The zero-order valence-electron chi connectivity index (χ0n) is 14.2. The Morgan fingerprint density at radius 3 is 2.58 bits per heavy atom. The minimum absolute atomic E-state index is 0.0519. The molecule has 0 spiro atoms. The van der Waals surface area contributed by atoms with Crippen molar-refractivity contribution in [2.24, 2.45) is 0 Å². The van der Waals surface area contributed by atoms with Crippen molar-refractivity contribution in [3.63, 3.8) is 0 Å². The molecule has 0 N–H and O–H groups in total. The van der Waals surface area contributed by atoms with Gasteiger partial charge in [-0.05, 0) is 24.6 Å². The van der Waals surface area contributed by atoms with Gasteiger partial charge < -0.3 is 4.74 Å². The van der Waals surface area contributed by atoms with E-state index in [-0.39, 0.29) is 23.0 Å². The third-order valence-electron chi connectivity index (χ3n) is 4.22. The van der Waals surface area contributed by atoms with E-state index in [1.54, 1.807) is 6.07 Å². The first-order valence-corrected chi connectivity index (χ1v) is 9.30. The zero-order chi connectivity index (χ0) is 18.7. The maximum absolute atomic E-state index is 11.3. The number of benzene rings is 2. The highest BCUT2D eigenvalue weighted by Gasteiger charge is 2.20. The van der Waals surface area contributed by atoms with Crippen LogP contribution in [0.2, 0.25) is 0 Å². The maximum Gasteiger partial charge on any atom is 0.273 e. The van der Waals surface area contributed by atoms with Crippen LogP contribution < -0.4 is 4.74 Å². The molecule has 5 nitrogen and oxygen atoms in total. The van der Waals surface area contributed by atoms with Crippen LogP contribution in [0.4, 0.5) is 5.69 Å². The quantitative estimate of drug-likeness (QED) is 0.360. The van der Waals surface area contributed by atoms with E-state index in [1.807, 2.05) is 37.3 Å². The van der Waals surface area contributed by atoms with Crippen LogP contribution >= 0.6 is 25.3 Å². The summed E-state index contributed by atoms with van der Waals surface area (Å²) < 4.78 is 6.03. The normalized spacial score (nSPS) is 10.9. The Balaban J connectivity index is 2.01. The number of aromatic nitrogens is 1. The van der Waals surface area contributed by atoms with Gasteiger partial charge in [-0.25, -0.2) is 4.98 Å². The smallest absolute Gasteiger partial charge is 0.273 e. The van der Waals surface area contributed by atoms with E-state index >= 15 is 0 Å². The molecule has 26 heavy (non-hydrogen) atoms. The van der Waals surface area contributed by atoms with E-state index in [9.17, 15) is 10.1 Å². The first-order chi connectivity index (χ1) is 12.5. The summed E-state index contributed by atoms with van der Waals surface area (Å²) in [5.74, 6) is 1.36. The Hall–Kier alpha value is -2.25. The summed E-state index contributed by atoms with van der Waals surface area (Å²) >= 11 is 8.63. The molecular weight excluding hydrogens is 368 g/mol. The molecule has 3 rings (SSSR count). The Morgan fingerprint density at radius 2 is 1.88 bits per heavy atom. The molecule has 0 aliphatic heterocycles. The Kier molecular flexibility index (Phi) is 5.68. The fraction of sp³-hybridized carbons (Fsp3) is 0.211. The van der Waals surface area contributed by atoms with Crippen molar-refractivity contribution in [3.8, 4) is 5.75 Å². The minimum Gasteiger partial charge on any atom is -0.487 e. The van der Waals surface area contributed by atoms with Crippen molar-refractivity contribution in [2.75, 3.05) is 0 Å². The first kappa shape index (κ1) is 18.5. The molecule has 0 aliphatic carbocycles. The molecule has 0 radical (unpaired) electrons. The molecule has 0 aliphatic rings. The number of para-hydroxylation sites is 1. The highest BCUT2D eigenvalue weighted by Crippen LogP contribution is 2.31. The second-order valence-corrected chi connectivity index (χ2v) is 6.48. The lowest BCUT2D eigenvalue weighted by Gasteiger charge is -2.15. The van der Waals surface area contributed by atoms with E-state index in [0.717, 1.165) is 27.7 Å². The highest BCUT2D eigenvalue weighted by atomic mass is 32.1. The Labute approximate surface area is 162 Å². The third-order valence-corrected chi connectivity index (χ3v) is 4.88. The number of nitro groups is 1. The molecule has 2 aromatic carbocycles. The van der Waals surface area contributed by atoms with Crippen LogP contribution in [0.3, 0.4) is 0 Å². The number of thiol groups is 2. The summed E-state index contributed by atoms with van der Waals surface area (Å²) in [5.41, 5.74) is 3.94. The third kappa shape index (κ3) is 3.64. The van der Waals surface area contributed by atoms with E-state index in [2.05, 4.69) is 30.2 Å². The lowest BCUT2D eigenvalue weighted by atomic mass is 10.0. The SMILES string of the molecule is Cc1ccc2cccc(OCc3c(CS)ccc([N+](=O)[O-])c3CS)c2n1. The zero-order valence-corrected chi connectivity index (χ0v) is 16.0. The summed E-state index contributed by atoms with van der Waals surface area (Å²) in [5, 5.41) is 12.3. The average Bonchev–Trinajstić information content (AvgIpc) is 2.65. The highest BCUT2D eigenvalue weighted by molar-refractivity contribution is 7.79. The van der Waals surface area contributed by atoms with Crippen molar-refractivity contribution in [2.45, 2.75) is 25.0 Å². The van der Waals surface area contributed by atoms with Crippen molar-refractivity contribution in [3.05, 3.63) is 75.0 Å². The van der Waals surface area contributed by atoms with Crippen molar-refractivity contribution < 1.29 is 9.66 Å². The monoisotopic (exact) mass is 386 g/mol. The van der Waals surface area contributed by atoms with Crippen LogP contribution in [-0.4, -0.2) is 9.91 Å². The van der Waals surface area contributed by atoms with Crippen molar-refractivity contribution in [1.82, 2.24) is 4.98 Å². The number of pyridine rings is 1. The molecule has 0 bridgehead atoms. The number of nitro benzene ring substituents is 1. The first-order valence-electron chi connectivity index (χ1n) is 8.04. The Bertz CT molecular complexity index is 976. The lowest BCUT2D eigenvalue weighted by Crippen LogP contribution is -2.07. The molecule has 134 valence electrons. The van der Waals surface area contributed by atoms with Gasteiger partial charge in [0.15, 0.2) is 0 Å². The van der Waals surface area contributed by atoms with Crippen LogP contribution in [0.25, 0.3) is 10.9 Å². The molecule has 1 aromatic heterocycles. The van der Waals surface area contributed by atoms with Crippen LogP contribution in [0.1, 0.15) is 22.4 Å². The molecule has 3 aromatic rings. The van der Waals surface area contributed by atoms with Gasteiger partial charge in [0.2, 0.25) is 0 Å². The second kappa shape index (κ2) is 7.97. The molecule has 0 amide bonds. The maximum atomic E-state index is 11.3. The number of fused-ring (bicyclic) bond motifs is 1. The number of hydrogen-bond donors (Lipinski definition) is 2. The second-order valence-electron chi connectivity index (χ2n) is 5.84. The van der Waals surface area contributed by atoms with Gasteiger partial charge >= 0.3 is 0 Å². The van der Waals surface area contributed by atoms with Gasteiger partial charge in [0.1, 0.15) is 17.9 Å². The van der Waals surface area contributed by atoms with Gasteiger partial charge in [0.25, 0.3) is 5.69 Å². The largest absolute Gasteiger partial charge is 0.487 e. The van der Waals surface area contributed by atoms with E-state index in [0.29, 0.717) is 17.1 Å². The number of aryl methyl sites for hydroxylation is 1.